The van der Waals surface area contributed by atoms with Gasteiger partial charge >= 0.3 is 0 Å². The van der Waals surface area contributed by atoms with E-state index in [2.05, 4.69) is 38.9 Å². The Balaban J connectivity index is 1.69. The molecule has 4 rings (SSSR count). The van der Waals surface area contributed by atoms with Crippen LogP contribution in [0.5, 0.6) is 0 Å². The third-order valence-electron chi connectivity index (χ3n) is 4.37. The van der Waals surface area contributed by atoms with Gasteiger partial charge in [0.2, 0.25) is 0 Å². The lowest BCUT2D eigenvalue weighted by atomic mass is 9.94. The Hall–Kier alpha value is -1.53. The third-order valence-corrected chi connectivity index (χ3v) is 5.43. The van der Waals surface area contributed by atoms with Gasteiger partial charge in [0.15, 0.2) is 0 Å². The topological polar surface area (TPSA) is 56.7 Å². The van der Waals surface area contributed by atoms with Crippen molar-refractivity contribution in [3.05, 3.63) is 23.8 Å². The molecule has 3 aliphatic heterocycles. The Labute approximate surface area is 128 Å². The Morgan fingerprint density at radius 1 is 1.43 bits per heavy atom. The minimum atomic E-state index is -0.197. The Morgan fingerprint density at radius 3 is 3.05 bits per heavy atom. The number of nitrogens with zero attached hydrogens (tertiary/aromatic N) is 2. The zero-order chi connectivity index (χ0) is 14.4. The van der Waals surface area contributed by atoms with E-state index in [1.54, 1.807) is 11.8 Å². The molecule has 1 unspecified atom stereocenters. The normalized spacial score (nSPS) is 24.6. The molecule has 5 nitrogen and oxygen atoms in total. The van der Waals surface area contributed by atoms with Crippen molar-refractivity contribution in [1.29, 1.82) is 0 Å². The first-order valence-electron chi connectivity index (χ1n) is 7.34. The predicted octanol–water partition coefficient (Wildman–Crippen LogP) is 1.19. The van der Waals surface area contributed by atoms with Crippen molar-refractivity contribution in [3.8, 4) is 0 Å². The summed E-state index contributed by atoms with van der Waals surface area (Å²) in [7, 11) is 0. The summed E-state index contributed by atoms with van der Waals surface area (Å²) in [5, 5.41) is 7.53. The first-order chi connectivity index (χ1) is 10.2. The molecule has 1 fully saturated rings. The van der Waals surface area contributed by atoms with Crippen LogP contribution in [0.25, 0.3) is 0 Å². The van der Waals surface area contributed by atoms with Gasteiger partial charge in [0.1, 0.15) is 11.9 Å². The predicted molar refractivity (Wildman–Crippen MR) is 84.7 cm³/mol. The molecule has 0 bridgehead atoms. The fourth-order valence-electron chi connectivity index (χ4n) is 3.03. The van der Waals surface area contributed by atoms with Crippen LogP contribution in [0.4, 0.5) is 5.69 Å². The molecule has 0 spiro atoms. The van der Waals surface area contributed by atoms with Crippen LogP contribution in [-0.4, -0.2) is 36.6 Å². The summed E-state index contributed by atoms with van der Waals surface area (Å²) in [5.41, 5.74) is 5.10. The number of amidine groups is 1. The van der Waals surface area contributed by atoms with Gasteiger partial charge in [0.25, 0.3) is 5.91 Å². The van der Waals surface area contributed by atoms with E-state index in [4.69, 9.17) is 0 Å². The SMILES string of the molecule is CC1C(=O)NN=C2CSc3ccc(CC4CNC4)cc3N21. The average molecular weight is 302 g/mol. The summed E-state index contributed by atoms with van der Waals surface area (Å²) in [5.74, 6) is 2.46. The first kappa shape index (κ1) is 13.2. The van der Waals surface area contributed by atoms with Crippen molar-refractivity contribution in [3.63, 3.8) is 0 Å². The second-order valence-electron chi connectivity index (χ2n) is 5.87. The Bertz CT molecular complexity index is 626. The Morgan fingerprint density at radius 2 is 2.29 bits per heavy atom. The number of hydrazone groups is 1. The summed E-state index contributed by atoms with van der Waals surface area (Å²) < 4.78 is 0. The number of carbonyl (C=O) groups excluding carboxylic acids is 1. The van der Waals surface area contributed by atoms with Gasteiger partial charge in [-0.05, 0) is 50.0 Å². The van der Waals surface area contributed by atoms with Crippen molar-refractivity contribution in [2.24, 2.45) is 11.0 Å². The number of nitrogens with one attached hydrogen (secondary N) is 2. The molecule has 1 saturated heterocycles. The highest BCUT2D eigenvalue weighted by Gasteiger charge is 2.34. The molecule has 110 valence electrons. The van der Waals surface area contributed by atoms with E-state index in [-0.39, 0.29) is 11.9 Å². The van der Waals surface area contributed by atoms with Crippen molar-refractivity contribution >= 4 is 29.2 Å². The zero-order valence-corrected chi connectivity index (χ0v) is 12.7. The number of thioether (sulfide) groups is 1. The summed E-state index contributed by atoms with van der Waals surface area (Å²) in [6.45, 7) is 4.16. The van der Waals surface area contributed by atoms with Crippen molar-refractivity contribution in [1.82, 2.24) is 10.7 Å². The van der Waals surface area contributed by atoms with Crippen molar-refractivity contribution < 1.29 is 4.79 Å². The lowest BCUT2D eigenvalue weighted by Gasteiger charge is -2.38. The maximum Gasteiger partial charge on any atom is 0.262 e. The average Bonchev–Trinajstić information content (AvgIpc) is 2.46. The highest BCUT2D eigenvalue weighted by Crippen LogP contribution is 2.38. The van der Waals surface area contributed by atoms with E-state index < -0.39 is 0 Å². The van der Waals surface area contributed by atoms with Gasteiger partial charge in [-0.2, -0.15) is 5.10 Å². The minimum absolute atomic E-state index is 0.0369. The van der Waals surface area contributed by atoms with Crippen molar-refractivity contribution in [2.75, 3.05) is 23.7 Å². The maximum absolute atomic E-state index is 11.9. The van der Waals surface area contributed by atoms with E-state index >= 15 is 0 Å². The number of carbonyl (C=O) groups is 1. The Kier molecular flexibility index (Phi) is 3.15. The number of rotatable bonds is 2. The largest absolute Gasteiger partial charge is 0.316 e. The van der Waals surface area contributed by atoms with Gasteiger partial charge in [0.05, 0.1) is 11.4 Å². The van der Waals surface area contributed by atoms with Gasteiger partial charge in [-0.15, -0.1) is 11.8 Å². The smallest absolute Gasteiger partial charge is 0.262 e. The van der Waals surface area contributed by atoms with Crippen LogP contribution in [0, 0.1) is 5.92 Å². The third kappa shape index (κ3) is 2.22. The summed E-state index contributed by atoms with van der Waals surface area (Å²) >= 11 is 1.79. The molecule has 0 aliphatic carbocycles. The van der Waals surface area contributed by atoms with Gasteiger partial charge in [-0.1, -0.05) is 6.07 Å². The van der Waals surface area contributed by atoms with Crippen LogP contribution >= 0.6 is 11.8 Å². The van der Waals surface area contributed by atoms with Crippen LogP contribution in [0.3, 0.4) is 0 Å². The highest BCUT2D eigenvalue weighted by molar-refractivity contribution is 8.00. The fourth-order valence-corrected chi connectivity index (χ4v) is 3.98. The summed E-state index contributed by atoms with van der Waals surface area (Å²) in [6.07, 6.45) is 1.10. The summed E-state index contributed by atoms with van der Waals surface area (Å²) in [6, 6.07) is 6.46. The van der Waals surface area contributed by atoms with E-state index in [1.165, 1.54) is 10.5 Å². The number of fused-ring (bicyclic) bond motifs is 3. The number of hydrogen-bond donors (Lipinski definition) is 2. The first-order valence-corrected chi connectivity index (χ1v) is 8.33. The van der Waals surface area contributed by atoms with Crippen LogP contribution in [0.15, 0.2) is 28.2 Å². The number of amides is 1. The van der Waals surface area contributed by atoms with Crippen LogP contribution in [0.2, 0.25) is 0 Å². The number of anilines is 1. The molecule has 3 heterocycles. The minimum Gasteiger partial charge on any atom is -0.316 e. The second kappa shape index (κ2) is 5.03. The van der Waals surface area contributed by atoms with E-state index in [1.807, 2.05) is 6.92 Å². The van der Waals surface area contributed by atoms with Gasteiger partial charge in [-0.25, -0.2) is 5.43 Å². The van der Waals surface area contributed by atoms with Crippen LogP contribution < -0.4 is 15.6 Å². The maximum atomic E-state index is 11.9. The summed E-state index contributed by atoms with van der Waals surface area (Å²) in [4.78, 5) is 15.2. The van der Waals surface area contributed by atoms with E-state index in [0.717, 1.165) is 42.7 Å². The molecule has 0 saturated carbocycles. The van der Waals surface area contributed by atoms with Crippen LogP contribution in [0.1, 0.15) is 12.5 Å². The second-order valence-corrected chi connectivity index (χ2v) is 6.89. The molecule has 0 radical (unpaired) electrons. The molecule has 1 atom stereocenters. The molecule has 1 aromatic carbocycles. The van der Waals surface area contributed by atoms with Crippen molar-refractivity contribution in [2.45, 2.75) is 24.3 Å². The van der Waals surface area contributed by atoms with Gasteiger partial charge in [-0.3, -0.25) is 4.79 Å². The molecule has 1 amide bonds. The lowest BCUT2D eigenvalue weighted by molar-refractivity contribution is -0.122. The van der Waals surface area contributed by atoms with Gasteiger partial charge < -0.3 is 10.2 Å². The molecule has 21 heavy (non-hydrogen) atoms. The molecule has 2 N–H and O–H groups in total. The number of hydrogen-bond acceptors (Lipinski definition) is 5. The molecule has 3 aliphatic rings. The van der Waals surface area contributed by atoms with E-state index in [0.29, 0.717) is 0 Å². The quantitative estimate of drug-likeness (QED) is 0.862. The number of benzene rings is 1. The lowest BCUT2D eigenvalue weighted by Crippen LogP contribution is -2.54. The fraction of sp³-hybridized carbons (Fsp3) is 0.467. The van der Waals surface area contributed by atoms with Gasteiger partial charge in [0, 0.05) is 4.90 Å². The molecule has 6 heteroatoms. The molecular formula is C15H18N4OS. The standard InChI is InChI=1S/C15H18N4OS/c1-9-15(20)18-17-14-8-21-13-3-2-10(4-11-6-16-7-11)5-12(13)19(9)14/h2-3,5,9,11,16H,4,6-8H2,1H3,(H,18,20). The molecule has 0 aromatic heterocycles. The zero-order valence-electron chi connectivity index (χ0n) is 11.9. The molecular weight excluding hydrogens is 284 g/mol. The van der Waals surface area contributed by atoms with Crippen LogP contribution in [-0.2, 0) is 11.2 Å². The highest BCUT2D eigenvalue weighted by atomic mass is 32.2. The monoisotopic (exact) mass is 302 g/mol. The molecule has 1 aromatic rings. The van der Waals surface area contributed by atoms with E-state index in [9.17, 15) is 4.79 Å².